The fraction of sp³-hybridized carbons (Fsp3) is 0.500. The first-order valence-corrected chi connectivity index (χ1v) is 3.18. The van der Waals surface area contributed by atoms with Crippen LogP contribution in [-0.2, 0) is 9.53 Å². The molecule has 5 N–H and O–H groups in total. The van der Waals surface area contributed by atoms with E-state index in [4.69, 9.17) is 15.3 Å². The summed E-state index contributed by atoms with van der Waals surface area (Å²) in [5, 5.41) is 36.8. The van der Waals surface area contributed by atoms with Crippen LogP contribution in [0.3, 0.4) is 0 Å². The zero-order valence-corrected chi connectivity index (χ0v) is 9.43. The smallest absolute Gasteiger partial charge is 0.865 e. The monoisotopic (exact) mass is 216 g/mol. The Hall–Kier alpha value is -0.310. The molecule has 76 valence electrons. The largest absolute Gasteiger partial charge is 1.00 e. The van der Waals surface area contributed by atoms with Crippen molar-refractivity contribution in [2.75, 3.05) is 6.61 Å². The molecule has 0 aromatic heterocycles. The van der Waals surface area contributed by atoms with Gasteiger partial charge < -0.3 is 30.6 Å². The molecule has 8 heteroatoms. The molecular formula is C6H9NaO7. The summed E-state index contributed by atoms with van der Waals surface area (Å²) in [5.41, 5.74) is 0. The van der Waals surface area contributed by atoms with E-state index in [0.717, 1.165) is 0 Å². The van der Waals surface area contributed by atoms with Gasteiger partial charge in [-0.2, -0.15) is 0 Å². The second kappa shape index (κ2) is 6.23. The predicted molar refractivity (Wildman–Crippen MR) is 36.2 cm³/mol. The Morgan fingerprint density at radius 1 is 1.57 bits per heavy atom. The second-order valence-corrected chi connectivity index (χ2v) is 2.29. The number of rotatable bonds is 2. The van der Waals surface area contributed by atoms with Gasteiger partial charge in [0.25, 0.3) is 0 Å². The molecule has 1 aliphatic rings. The van der Waals surface area contributed by atoms with Crippen LogP contribution in [0, 0.1) is 0 Å². The second-order valence-electron chi connectivity index (χ2n) is 2.29. The Bertz CT molecular complexity index is 238. The van der Waals surface area contributed by atoms with Gasteiger partial charge in [0.1, 0.15) is 11.9 Å². The molecule has 1 rings (SSSR count). The fourth-order valence-electron chi connectivity index (χ4n) is 0.815. The van der Waals surface area contributed by atoms with E-state index in [0.29, 0.717) is 0 Å². The van der Waals surface area contributed by atoms with Crippen LogP contribution in [0.5, 0.6) is 0 Å². The Morgan fingerprint density at radius 2 is 2.07 bits per heavy atom. The molecule has 0 aromatic rings. The number of carbonyl (C=O) groups excluding carboxylic acids is 1. The van der Waals surface area contributed by atoms with E-state index in [-0.39, 0.29) is 35.0 Å². The molecule has 0 aromatic carbocycles. The van der Waals surface area contributed by atoms with E-state index in [1.807, 2.05) is 0 Å². The van der Waals surface area contributed by atoms with Crippen molar-refractivity contribution in [1.29, 1.82) is 0 Å². The first-order chi connectivity index (χ1) is 5.57. The van der Waals surface area contributed by atoms with E-state index in [9.17, 15) is 9.90 Å². The van der Waals surface area contributed by atoms with Gasteiger partial charge in [0.15, 0.2) is 6.10 Å². The fourth-order valence-corrected chi connectivity index (χ4v) is 0.815. The van der Waals surface area contributed by atoms with Gasteiger partial charge in [-0.1, -0.05) is 0 Å². The van der Waals surface area contributed by atoms with Gasteiger partial charge in [-0.25, -0.2) is 4.79 Å². The van der Waals surface area contributed by atoms with Crippen LogP contribution in [0.25, 0.3) is 0 Å². The first kappa shape index (κ1) is 16.1. The van der Waals surface area contributed by atoms with Crippen molar-refractivity contribution in [3.8, 4) is 0 Å². The maximum absolute atomic E-state index is 10.6. The topological polar surface area (TPSA) is 142 Å². The SMILES string of the molecule is O.O=C1O[C@H]([C@H](O)CO)C(O)=C1[O-].[Na+]. The minimum atomic E-state index is -1.46. The Balaban J connectivity index is 0. The van der Waals surface area contributed by atoms with E-state index in [1.165, 1.54) is 0 Å². The maximum atomic E-state index is 10.6. The summed E-state index contributed by atoms with van der Waals surface area (Å²) in [6.45, 7) is -0.699. The summed E-state index contributed by atoms with van der Waals surface area (Å²) in [4.78, 5) is 10.5. The van der Waals surface area contributed by atoms with Crippen LogP contribution in [0.4, 0.5) is 0 Å². The van der Waals surface area contributed by atoms with Crippen molar-refractivity contribution in [1.82, 2.24) is 0 Å². The zero-order chi connectivity index (χ0) is 9.30. The van der Waals surface area contributed by atoms with Crippen molar-refractivity contribution in [2.45, 2.75) is 12.2 Å². The molecule has 0 spiro atoms. The average Bonchev–Trinajstić information content (AvgIpc) is 2.32. The molecule has 0 amide bonds. The number of hydrogen-bond donors (Lipinski definition) is 3. The molecule has 0 aliphatic carbocycles. The minimum Gasteiger partial charge on any atom is -0.865 e. The Morgan fingerprint density at radius 3 is 2.36 bits per heavy atom. The first-order valence-electron chi connectivity index (χ1n) is 3.18. The molecule has 0 unspecified atom stereocenters. The summed E-state index contributed by atoms with van der Waals surface area (Å²) in [6, 6.07) is 0. The van der Waals surface area contributed by atoms with E-state index in [2.05, 4.69) is 4.74 Å². The van der Waals surface area contributed by atoms with Crippen LogP contribution >= 0.6 is 0 Å². The van der Waals surface area contributed by atoms with Crippen molar-refractivity contribution in [3.63, 3.8) is 0 Å². The third-order valence-electron chi connectivity index (χ3n) is 1.46. The average molecular weight is 216 g/mol. The van der Waals surface area contributed by atoms with Crippen LogP contribution in [0.1, 0.15) is 0 Å². The van der Waals surface area contributed by atoms with Gasteiger partial charge in [0, 0.05) is 5.76 Å². The molecule has 0 saturated carbocycles. The molecular weight excluding hydrogens is 207 g/mol. The van der Waals surface area contributed by atoms with Crippen molar-refractivity contribution in [2.24, 2.45) is 0 Å². The summed E-state index contributed by atoms with van der Waals surface area (Å²) in [5.74, 6) is -3.25. The number of aliphatic hydroxyl groups is 3. The molecule has 0 bridgehead atoms. The third-order valence-corrected chi connectivity index (χ3v) is 1.46. The molecule has 1 heterocycles. The Kier molecular flexibility index (Phi) is 7.17. The quantitative estimate of drug-likeness (QED) is 0.309. The summed E-state index contributed by atoms with van der Waals surface area (Å²) in [7, 11) is 0. The molecule has 0 fully saturated rings. The number of ether oxygens (including phenoxy) is 1. The molecule has 2 atom stereocenters. The number of hydrogen-bond acceptors (Lipinski definition) is 6. The predicted octanol–water partition coefficient (Wildman–Crippen LogP) is -6.43. The number of cyclic esters (lactones) is 1. The van der Waals surface area contributed by atoms with Gasteiger partial charge in [-0.15, -0.1) is 0 Å². The zero-order valence-electron chi connectivity index (χ0n) is 7.43. The third kappa shape index (κ3) is 2.84. The normalized spacial score (nSPS) is 22.1. The number of aliphatic hydroxyl groups excluding tert-OH is 3. The molecule has 14 heavy (non-hydrogen) atoms. The van der Waals surface area contributed by atoms with Gasteiger partial charge in [0.05, 0.1) is 6.61 Å². The van der Waals surface area contributed by atoms with E-state index >= 15 is 0 Å². The van der Waals surface area contributed by atoms with Gasteiger partial charge >= 0.3 is 35.5 Å². The van der Waals surface area contributed by atoms with Gasteiger partial charge in [-0.3, -0.25) is 0 Å². The van der Waals surface area contributed by atoms with Crippen LogP contribution in [0.2, 0.25) is 0 Å². The van der Waals surface area contributed by atoms with Crippen molar-refractivity contribution in [3.05, 3.63) is 11.5 Å². The number of esters is 1. The number of carbonyl (C=O) groups is 1. The van der Waals surface area contributed by atoms with Gasteiger partial charge in [-0.05, 0) is 0 Å². The molecule has 0 radical (unpaired) electrons. The standard InChI is InChI=1S/C6H8O6.Na.H2O/c7-1-2(8)5-3(9)4(10)6(11)12-5;;/h2,5,7-10H,1H2;;1H2/q;+1;/p-1/t2-,5-;;/m1../s1. The Labute approximate surface area is 101 Å². The van der Waals surface area contributed by atoms with Crippen molar-refractivity contribution < 1.29 is 65.0 Å². The van der Waals surface area contributed by atoms with E-state index < -0.39 is 36.3 Å². The minimum absolute atomic E-state index is 0. The van der Waals surface area contributed by atoms with Crippen LogP contribution < -0.4 is 34.7 Å². The van der Waals surface area contributed by atoms with E-state index in [1.54, 1.807) is 0 Å². The summed E-state index contributed by atoms with van der Waals surface area (Å²) < 4.78 is 4.25. The molecule has 7 nitrogen and oxygen atoms in total. The molecule has 0 saturated heterocycles. The van der Waals surface area contributed by atoms with Gasteiger partial charge in [0.2, 0.25) is 0 Å². The van der Waals surface area contributed by atoms with Crippen molar-refractivity contribution >= 4 is 5.97 Å². The van der Waals surface area contributed by atoms with Crippen LogP contribution in [0.15, 0.2) is 11.5 Å². The maximum Gasteiger partial charge on any atom is 1.00 e. The van der Waals surface area contributed by atoms with Crippen LogP contribution in [-0.4, -0.2) is 45.6 Å². The summed E-state index contributed by atoms with van der Waals surface area (Å²) in [6.07, 6.45) is -2.88. The summed E-state index contributed by atoms with van der Waals surface area (Å²) >= 11 is 0. The molecule has 1 aliphatic heterocycles.